The number of aliphatic imine (C=N–C) groups is 2. The van der Waals surface area contributed by atoms with Crippen LogP contribution in [0.25, 0.3) is 0 Å². The Labute approximate surface area is 168 Å². The van der Waals surface area contributed by atoms with Gasteiger partial charge in [-0.15, -0.1) is 5.10 Å². The molecule has 0 radical (unpaired) electrons. The van der Waals surface area contributed by atoms with Crippen molar-refractivity contribution < 1.29 is 17.9 Å². The lowest BCUT2D eigenvalue weighted by atomic mass is 9.83. The molecule has 1 saturated carbocycles. The third-order valence-corrected chi connectivity index (χ3v) is 4.70. The highest BCUT2D eigenvalue weighted by Gasteiger charge is 2.32. The smallest absolute Gasteiger partial charge is 0.422 e. The van der Waals surface area contributed by atoms with Crippen molar-refractivity contribution in [3.63, 3.8) is 0 Å². The summed E-state index contributed by atoms with van der Waals surface area (Å²) in [6.45, 7) is 5.06. The van der Waals surface area contributed by atoms with E-state index in [1.165, 1.54) is 12.4 Å². The van der Waals surface area contributed by atoms with Crippen molar-refractivity contribution in [2.75, 3.05) is 6.61 Å². The summed E-state index contributed by atoms with van der Waals surface area (Å²) in [6.07, 6.45) is 4.17. The fourth-order valence-electron chi connectivity index (χ4n) is 3.37. The molecule has 0 aliphatic heterocycles. The van der Waals surface area contributed by atoms with Crippen molar-refractivity contribution in [2.45, 2.75) is 50.2 Å². The number of ether oxygens (including phenoxy) is 1. The maximum Gasteiger partial charge on any atom is 0.422 e. The number of rotatable bonds is 7. The van der Waals surface area contributed by atoms with Crippen LogP contribution in [0.4, 0.5) is 13.2 Å². The van der Waals surface area contributed by atoms with E-state index in [-0.39, 0.29) is 11.5 Å². The summed E-state index contributed by atoms with van der Waals surface area (Å²) < 4.78 is 42.6. The number of hydrogen-bond donors (Lipinski definition) is 0. The van der Waals surface area contributed by atoms with Gasteiger partial charge in [-0.1, -0.05) is 56.0 Å². The topological polar surface area (TPSA) is 58.7 Å². The molecule has 0 unspecified atom stereocenters. The SMILES string of the molecule is C=N/C=C(C=NC1(c2ccccc2)CCCCCC1)/C(=N/N=C)OCC(F)(F)F. The van der Waals surface area contributed by atoms with E-state index in [4.69, 9.17) is 9.73 Å². The van der Waals surface area contributed by atoms with Crippen molar-refractivity contribution in [3.8, 4) is 0 Å². The van der Waals surface area contributed by atoms with Gasteiger partial charge in [0.05, 0.1) is 11.1 Å². The zero-order valence-electron chi connectivity index (χ0n) is 16.2. The van der Waals surface area contributed by atoms with Gasteiger partial charge in [0.1, 0.15) is 0 Å². The molecule has 0 heterocycles. The normalized spacial score (nSPS) is 18.3. The van der Waals surface area contributed by atoms with Crippen LogP contribution in [0, 0.1) is 0 Å². The molecular formula is C21H25F3N4O. The first-order valence-electron chi connectivity index (χ1n) is 9.40. The molecule has 1 aromatic carbocycles. The molecule has 0 atom stereocenters. The second kappa shape index (κ2) is 10.7. The van der Waals surface area contributed by atoms with Crippen LogP contribution in [-0.2, 0) is 10.3 Å². The first-order valence-corrected chi connectivity index (χ1v) is 9.40. The molecule has 1 aliphatic carbocycles. The molecule has 0 amide bonds. The van der Waals surface area contributed by atoms with Crippen molar-refractivity contribution in [1.29, 1.82) is 0 Å². The predicted molar refractivity (Wildman–Crippen MR) is 111 cm³/mol. The fraction of sp³-hybridized carbons (Fsp3) is 0.429. The Morgan fingerprint density at radius 1 is 1.07 bits per heavy atom. The second-order valence-electron chi connectivity index (χ2n) is 6.79. The lowest BCUT2D eigenvalue weighted by molar-refractivity contribution is -0.156. The van der Waals surface area contributed by atoms with Gasteiger partial charge in [-0.25, -0.2) is 0 Å². The van der Waals surface area contributed by atoms with Gasteiger partial charge in [-0.2, -0.15) is 18.3 Å². The van der Waals surface area contributed by atoms with Crippen molar-refractivity contribution in [2.24, 2.45) is 20.2 Å². The lowest BCUT2D eigenvalue weighted by Gasteiger charge is -2.29. The highest BCUT2D eigenvalue weighted by atomic mass is 19.4. The quantitative estimate of drug-likeness (QED) is 0.256. The van der Waals surface area contributed by atoms with Crippen LogP contribution in [0.3, 0.4) is 0 Å². The van der Waals surface area contributed by atoms with E-state index in [0.717, 1.165) is 44.1 Å². The molecule has 0 saturated heterocycles. The minimum Gasteiger partial charge on any atom is -0.466 e. The zero-order chi connectivity index (χ0) is 21.2. The van der Waals surface area contributed by atoms with Crippen LogP contribution >= 0.6 is 0 Å². The minimum absolute atomic E-state index is 0.149. The number of alkyl halides is 3. The molecule has 1 fully saturated rings. The van der Waals surface area contributed by atoms with Crippen LogP contribution in [0.2, 0.25) is 0 Å². The van der Waals surface area contributed by atoms with Gasteiger partial charge in [0.25, 0.3) is 0 Å². The van der Waals surface area contributed by atoms with Crippen molar-refractivity contribution in [1.82, 2.24) is 0 Å². The van der Waals surface area contributed by atoms with E-state index in [1.807, 2.05) is 30.3 Å². The van der Waals surface area contributed by atoms with E-state index < -0.39 is 18.3 Å². The molecule has 0 bridgehead atoms. The second-order valence-corrected chi connectivity index (χ2v) is 6.79. The summed E-state index contributed by atoms with van der Waals surface area (Å²) in [5.41, 5.74) is 0.756. The molecular weight excluding hydrogens is 381 g/mol. The number of benzene rings is 1. The third kappa shape index (κ3) is 6.96. The fourth-order valence-corrected chi connectivity index (χ4v) is 3.37. The Morgan fingerprint density at radius 2 is 1.72 bits per heavy atom. The Bertz CT molecular complexity index is 762. The van der Waals surface area contributed by atoms with Crippen molar-refractivity contribution in [3.05, 3.63) is 47.7 Å². The Balaban J connectivity index is 2.38. The van der Waals surface area contributed by atoms with Crippen LogP contribution in [0.15, 0.2) is 62.3 Å². The molecule has 2 rings (SSSR count). The summed E-state index contributed by atoms with van der Waals surface area (Å²) in [5, 5.41) is 6.89. The number of hydrogen-bond acceptors (Lipinski definition) is 5. The molecule has 0 aromatic heterocycles. The molecule has 156 valence electrons. The molecule has 5 nitrogen and oxygen atoms in total. The molecule has 8 heteroatoms. The molecule has 1 aliphatic rings. The molecule has 29 heavy (non-hydrogen) atoms. The summed E-state index contributed by atoms with van der Waals surface area (Å²) in [5.74, 6) is -0.356. The first kappa shape index (κ1) is 22.5. The molecule has 0 N–H and O–H groups in total. The summed E-state index contributed by atoms with van der Waals surface area (Å²) >= 11 is 0. The average Bonchev–Trinajstić information content (AvgIpc) is 2.95. The summed E-state index contributed by atoms with van der Waals surface area (Å²) in [6, 6.07) is 9.91. The largest absolute Gasteiger partial charge is 0.466 e. The highest BCUT2D eigenvalue weighted by molar-refractivity contribution is 6.12. The van der Waals surface area contributed by atoms with Crippen molar-refractivity contribution >= 4 is 25.5 Å². The highest BCUT2D eigenvalue weighted by Crippen LogP contribution is 2.39. The molecule has 0 spiro atoms. The summed E-state index contributed by atoms with van der Waals surface area (Å²) in [4.78, 5) is 8.48. The summed E-state index contributed by atoms with van der Waals surface area (Å²) in [7, 11) is 0. The van der Waals surface area contributed by atoms with Gasteiger partial charge < -0.3 is 4.74 Å². The Morgan fingerprint density at radius 3 is 2.28 bits per heavy atom. The van der Waals surface area contributed by atoms with E-state index in [0.29, 0.717) is 0 Å². The Kier molecular flexibility index (Phi) is 8.30. The first-order chi connectivity index (χ1) is 13.9. The maximum absolute atomic E-state index is 12.6. The third-order valence-electron chi connectivity index (χ3n) is 4.70. The van der Waals surface area contributed by atoms with E-state index in [2.05, 4.69) is 28.6 Å². The standard InChI is InChI=1S/C21H25F3N4O/c1-25-14-17(19(28-26-2)29-16-21(22,23)24)15-27-20(12-8-3-4-9-13-20)18-10-6-5-7-11-18/h5-7,10-11,14-15H,1-4,8-9,12-13,16H2/b17-14+,27-15?,28-19-. The van der Waals surface area contributed by atoms with Gasteiger partial charge in [0.2, 0.25) is 5.90 Å². The van der Waals surface area contributed by atoms with Crippen LogP contribution in [0.5, 0.6) is 0 Å². The average molecular weight is 406 g/mol. The van der Waals surface area contributed by atoms with Crippen LogP contribution in [0.1, 0.15) is 44.1 Å². The van der Waals surface area contributed by atoms with E-state index >= 15 is 0 Å². The zero-order valence-corrected chi connectivity index (χ0v) is 16.2. The lowest BCUT2D eigenvalue weighted by Crippen LogP contribution is -2.25. The van der Waals surface area contributed by atoms with Crippen LogP contribution in [-0.4, -0.2) is 38.3 Å². The van der Waals surface area contributed by atoms with Gasteiger partial charge in [0, 0.05) is 19.1 Å². The van der Waals surface area contributed by atoms with Gasteiger partial charge in [-0.05, 0) is 25.1 Å². The van der Waals surface area contributed by atoms with E-state index in [1.54, 1.807) is 0 Å². The monoisotopic (exact) mass is 406 g/mol. The Hall–Kier alpha value is -2.77. The van der Waals surface area contributed by atoms with E-state index in [9.17, 15) is 13.2 Å². The molecule has 1 aromatic rings. The van der Waals surface area contributed by atoms with Crippen LogP contribution < -0.4 is 0 Å². The number of halogens is 3. The maximum atomic E-state index is 12.6. The van der Waals surface area contributed by atoms with Gasteiger partial charge in [0.15, 0.2) is 6.61 Å². The number of nitrogens with zero attached hydrogens (tertiary/aromatic N) is 4. The minimum atomic E-state index is -4.52. The van der Waals surface area contributed by atoms with Gasteiger partial charge in [-0.3, -0.25) is 9.98 Å². The predicted octanol–water partition coefficient (Wildman–Crippen LogP) is 5.48. The van der Waals surface area contributed by atoms with Gasteiger partial charge >= 0.3 is 6.18 Å².